The monoisotopic (exact) mass is 354 g/mol. The number of nitrogens with zero attached hydrogens (tertiary/aromatic N) is 2. The van der Waals surface area contributed by atoms with Gasteiger partial charge >= 0.3 is 0 Å². The highest BCUT2D eigenvalue weighted by molar-refractivity contribution is 9.10. The Labute approximate surface area is 132 Å². The van der Waals surface area contributed by atoms with E-state index in [1.165, 1.54) is 4.90 Å². The van der Waals surface area contributed by atoms with Gasteiger partial charge < -0.3 is 5.11 Å². The molecule has 3 nitrogen and oxygen atoms in total. The lowest BCUT2D eigenvalue weighted by Gasteiger charge is -2.12. The van der Waals surface area contributed by atoms with E-state index < -0.39 is 6.10 Å². The molecular formula is C15H19BrN2OS. The van der Waals surface area contributed by atoms with Crippen LogP contribution >= 0.6 is 27.7 Å². The van der Waals surface area contributed by atoms with Crippen LogP contribution in [0.4, 0.5) is 0 Å². The smallest absolute Gasteiger partial charge is 0.0845 e. The predicted octanol–water partition coefficient (Wildman–Crippen LogP) is 3.74. The number of benzene rings is 1. The first-order valence-corrected chi connectivity index (χ1v) is 8.60. The Morgan fingerprint density at radius 3 is 2.50 bits per heavy atom. The van der Waals surface area contributed by atoms with Crippen LogP contribution in [0.25, 0.3) is 0 Å². The van der Waals surface area contributed by atoms with Crippen molar-refractivity contribution < 1.29 is 5.11 Å². The van der Waals surface area contributed by atoms with Gasteiger partial charge in [-0.3, -0.25) is 4.68 Å². The highest BCUT2D eigenvalue weighted by Crippen LogP contribution is 2.27. The Bertz CT molecular complexity index is 580. The quantitative estimate of drug-likeness (QED) is 0.831. The minimum atomic E-state index is -0.512. The lowest BCUT2D eigenvalue weighted by atomic mass is 10.0. The third-order valence-corrected chi connectivity index (χ3v) is 5.05. The van der Waals surface area contributed by atoms with Gasteiger partial charge in [-0.1, -0.05) is 19.1 Å². The summed E-state index contributed by atoms with van der Waals surface area (Å²) in [6.45, 7) is 2.08. The van der Waals surface area contributed by atoms with Crippen molar-refractivity contribution in [3.8, 4) is 0 Å². The van der Waals surface area contributed by atoms with Crippen LogP contribution in [0.3, 0.4) is 0 Å². The highest BCUT2D eigenvalue weighted by Gasteiger charge is 2.17. The summed E-state index contributed by atoms with van der Waals surface area (Å²) in [6, 6.07) is 8.06. The van der Waals surface area contributed by atoms with E-state index in [2.05, 4.69) is 28.0 Å². The molecule has 0 bridgehead atoms. The van der Waals surface area contributed by atoms with Crippen molar-refractivity contribution in [2.24, 2.45) is 7.05 Å². The van der Waals surface area contributed by atoms with Crippen LogP contribution in [-0.2, 0) is 19.9 Å². The molecule has 0 saturated heterocycles. The van der Waals surface area contributed by atoms with Gasteiger partial charge in [-0.25, -0.2) is 0 Å². The Hall–Kier alpha value is -0.780. The summed E-state index contributed by atoms with van der Waals surface area (Å²) in [5.41, 5.74) is 3.00. The molecule has 1 aromatic carbocycles. The SMILES string of the molecule is CCc1nn(C)c(CC(O)c2ccc(SC)cc2)c1Br. The predicted molar refractivity (Wildman–Crippen MR) is 87.2 cm³/mol. The molecule has 0 spiro atoms. The van der Waals surface area contributed by atoms with Crippen molar-refractivity contribution in [3.05, 3.63) is 45.7 Å². The van der Waals surface area contributed by atoms with Crippen molar-refractivity contribution in [2.45, 2.75) is 30.8 Å². The van der Waals surface area contributed by atoms with Crippen LogP contribution in [0.5, 0.6) is 0 Å². The zero-order valence-electron chi connectivity index (χ0n) is 11.9. The van der Waals surface area contributed by atoms with Gasteiger partial charge in [0.15, 0.2) is 0 Å². The molecule has 0 aliphatic carbocycles. The van der Waals surface area contributed by atoms with Gasteiger partial charge in [-0.05, 0) is 46.3 Å². The van der Waals surface area contributed by atoms with Gasteiger partial charge in [0, 0.05) is 18.4 Å². The number of aryl methyl sites for hydroxylation is 2. The molecule has 5 heteroatoms. The van der Waals surface area contributed by atoms with Crippen LogP contribution < -0.4 is 0 Å². The Balaban J connectivity index is 2.18. The topological polar surface area (TPSA) is 38.0 Å². The molecule has 1 N–H and O–H groups in total. The van der Waals surface area contributed by atoms with E-state index in [9.17, 15) is 5.11 Å². The molecule has 0 aliphatic rings. The third-order valence-electron chi connectivity index (χ3n) is 3.39. The summed E-state index contributed by atoms with van der Waals surface area (Å²) < 4.78 is 2.87. The number of aromatic nitrogens is 2. The molecule has 0 radical (unpaired) electrons. The Morgan fingerprint density at radius 2 is 2.00 bits per heavy atom. The maximum atomic E-state index is 10.4. The fourth-order valence-corrected chi connectivity index (χ4v) is 3.36. The van der Waals surface area contributed by atoms with Crippen molar-refractivity contribution in [1.29, 1.82) is 0 Å². The first-order chi connectivity index (χ1) is 9.56. The summed E-state index contributed by atoms with van der Waals surface area (Å²) in [5.74, 6) is 0. The van der Waals surface area contributed by atoms with Crippen molar-refractivity contribution >= 4 is 27.7 Å². The maximum Gasteiger partial charge on any atom is 0.0845 e. The first-order valence-electron chi connectivity index (χ1n) is 6.59. The zero-order valence-corrected chi connectivity index (χ0v) is 14.3. The largest absolute Gasteiger partial charge is 0.388 e. The van der Waals surface area contributed by atoms with Gasteiger partial charge in [-0.15, -0.1) is 11.8 Å². The minimum absolute atomic E-state index is 0.512. The zero-order chi connectivity index (χ0) is 14.7. The average Bonchev–Trinajstić information content (AvgIpc) is 2.74. The number of thioether (sulfide) groups is 1. The molecule has 0 amide bonds. The molecular weight excluding hydrogens is 336 g/mol. The minimum Gasteiger partial charge on any atom is -0.388 e. The van der Waals surface area contributed by atoms with E-state index >= 15 is 0 Å². The fourth-order valence-electron chi connectivity index (χ4n) is 2.17. The van der Waals surface area contributed by atoms with E-state index in [1.807, 2.05) is 42.3 Å². The summed E-state index contributed by atoms with van der Waals surface area (Å²) in [6.07, 6.45) is 2.97. The number of rotatable bonds is 5. The standard InChI is InChI=1S/C15H19BrN2OS/c1-4-12-15(16)13(18(2)17-12)9-14(19)10-5-7-11(20-3)8-6-10/h5-8,14,19H,4,9H2,1-3H3. The van der Waals surface area contributed by atoms with Crippen molar-refractivity contribution in [3.63, 3.8) is 0 Å². The number of aliphatic hydroxyl groups is 1. The van der Waals surface area contributed by atoms with E-state index in [4.69, 9.17) is 0 Å². The second-order valence-electron chi connectivity index (χ2n) is 4.68. The molecule has 1 aromatic heterocycles. The van der Waals surface area contributed by atoms with Crippen LogP contribution in [0.15, 0.2) is 33.6 Å². The lowest BCUT2D eigenvalue weighted by molar-refractivity contribution is 0.175. The highest BCUT2D eigenvalue weighted by atomic mass is 79.9. The number of hydrogen-bond acceptors (Lipinski definition) is 3. The molecule has 0 fully saturated rings. The molecule has 1 heterocycles. The van der Waals surface area contributed by atoms with Crippen molar-refractivity contribution in [1.82, 2.24) is 9.78 Å². The Kier molecular flexibility index (Phi) is 5.29. The number of aliphatic hydroxyl groups excluding tert-OH is 1. The van der Waals surface area contributed by atoms with E-state index in [-0.39, 0.29) is 0 Å². The molecule has 20 heavy (non-hydrogen) atoms. The molecule has 0 aliphatic heterocycles. The van der Waals surface area contributed by atoms with Crippen LogP contribution in [0.1, 0.15) is 30.0 Å². The molecule has 108 valence electrons. The molecule has 1 unspecified atom stereocenters. The molecule has 2 aromatic rings. The molecule has 1 atom stereocenters. The van der Waals surface area contributed by atoms with Crippen molar-refractivity contribution in [2.75, 3.05) is 6.26 Å². The van der Waals surface area contributed by atoms with Gasteiger partial charge in [0.1, 0.15) is 0 Å². The molecule has 2 rings (SSSR count). The summed E-state index contributed by atoms with van der Waals surface area (Å²) >= 11 is 5.29. The lowest BCUT2D eigenvalue weighted by Crippen LogP contribution is -2.07. The fraction of sp³-hybridized carbons (Fsp3) is 0.400. The third kappa shape index (κ3) is 3.27. The van der Waals surface area contributed by atoms with Gasteiger partial charge in [0.05, 0.1) is 22.0 Å². The Morgan fingerprint density at radius 1 is 1.35 bits per heavy atom. The number of halogens is 1. The van der Waals surface area contributed by atoms with E-state index in [0.717, 1.165) is 27.8 Å². The van der Waals surface area contributed by atoms with Crippen LogP contribution in [-0.4, -0.2) is 21.1 Å². The second-order valence-corrected chi connectivity index (χ2v) is 6.35. The summed E-state index contributed by atoms with van der Waals surface area (Å²) in [7, 11) is 1.92. The summed E-state index contributed by atoms with van der Waals surface area (Å²) in [5, 5.41) is 14.9. The summed E-state index contributed by atoms with van der Waals surface area (Å²) in [4.78, 5) is 1.20. The number of hydrogen-bond donors (Lipinski definition) is 1. The normalized spacial score (nSPS) is 12.7. The van der Waals surface area contributed by atoms with E-state index in [0.29, 0.717) is 6.42 Å². The van der Waals surface area contributed by atoms with Gasteiger partial charge in [-0.2, -0.15) is 5.10 Å². The average molecular weight is 355 g/mol. The first kappa shape index (κ1) is 15.6. The van der Waals surface area contributed by atoms with E-state index in [1.54, 1.807) is 11.8 Å². The molecule has 0 saturated carbocycles. The van der Waals surface area contributed by atoms with Gasteiger partial charge in [0.2, 0.25) is 0 Å². The second kappa shape index (κ2) is 6.78. The maximum absolute atomic E-state index is 10.4. The van der Waals surface area contributed by atoms with Crippen LogP contribution in [0.2, 0.25) is 0 Å². The van der Waals surface area contributed by atoms with Crippen LogP contribution in [0, 0.1) is 0 Å². The van der Waals surface area contributed by atoms with Gasteiger partial charge in [0.25, 0.3) is 0 Å².